The molecule has 1 aliphatic rings. The number of benzene rings is 2. The van der Waals surface area contributed by atoms with Crippen LogP contribution in [-0.2, 0) is 9.53 Å². The number of rotatable bonds is 8. The van der Waals surface area contributed by atoms with E-state index in [-0.39, 0.29) is 11.9 Å². The fraction of sp³-hybridized carbons (Fsp3) is 0.462. The molecule has 3 rings (SSSR count). The van der Waals surface area contributed by atoms with Gasteiger partial charge in [-0.25, -0.2) is 4.79 Å². The first kappa shape index (κ1) is 24.6. The summed E-state index contributed by atoms with van der Waals surface area (Å²) in [4.78, 5) is 29.2. The molecule has 2 aromatic carbocycles. The van der Waals surface area contributed by atoms with Crippen molar-refractivity contribution in [3.05, 3.63) is 54.1 Å². The van der Waals surface area contributed by atoms with Gasteiger partial charge in [0, 0.05) is 38.3 Å². The summed E-state index contributed by atoms with van der Waals surface area (Å²) in [7, 11) is 1.70. The van der Waals surface area contributed by atoms with Crippen LogP contribution in [-0.4, -0.2) is 62.2 Å². The lowest BCUT2D eigenvalue weighted by Crippen LogP contribution is -2.46. The molecule has 0 spiro atoms. The van der Waals surface area contributed by atoms with E-state index in [4.69, 9.17) is 9.47 Å². The van der Waals surface area contributed by atoms with Gasteiger partial charge >= 0.3 is 5.97 Å². The predicted octanol–water partition coefficient (Wildman–Crippen LogP) is 4.19. The molecule has 1 aliphatic heterocycles. The fourth-order valence-corrected chi connectivity index (χ4v) is 3.82. The number of methoxy groups -OCH3 is 1. The van der Waals surface area contributed by atoms with Gasteiger partial charge in [0.1, 0.15) is 11.4 Å². The first-order valence-corrected chi connectivity index (χ1v) is 11.5. The largest absolute Gasteiger partial charge is 0.495 e. The minimum Gasteiger partial charge on any atom is -0.495 e. The van der Waals surface area contributed by atoms with E-state index in [1.807, 2.05) is 39.0 Å². The number of amides is 1. The maximum Gasteiger partial charge on any atom is 0.338 e. The maximum absolute atomic E-state index is 12.3. The highest BCUT2D eigenvalue weighted by Crippen LogP contribution is 2.28. The zero-order chi connectivity index (χ0) is 23.8. The van der Waals surface area contributed by atoms with Crippen LogP contribution < -0.4 is 15.0 Å². The number of hydrogen-bond acceptors (Lipinski definition) is 6. The Labute approximate surface area is 196 Å². The third-order valence-corrected chi connectivity index (χ3v) is 5.48. The van der Waals surface area contributed by atoms with E-state index in [0.29, 0.717) is 17.7 Å². The number of anilines is 2. The van der Waals surface area contributed by atoms with Gasteiger partial charge in [-0.3, -0.25) is 9.69 Å². The average Bonchev–Trinajstić information content (AvgIpc) is 2.79. The molecule has 0 bridgehead atoms. The number of nitrogens with one attached hydrogen (secondary N) is 1. The molecule has 0 atom stereocenters. The molecule has 33 heavy (non-hydrogen) atoms. The number of esters is 1. The van der Waals surface area contributed by atoms with Crippen LogP contribution in [0.1, 0.15) is 44.0 Å². The van der Waals surface area contributed by atoms with Crippen molar-refractivity contribution in [2.75, 3.05) is 50.1 Å². The number of ether oxygens (including phenoxy) is 2. The molecule has 1 amide bonds. The first-order valence-electron chi connectivity index (χ1n) is 11.5. The minimum atomic E-state index is -0.537. The highest BCUT2D eigenvalue weighted by Gasteiger charge is 2.20. The fourth-order valence-electron chi connectivity index (χ4n) is 3.82. The Morgan fingerprint density at radius 3 is 2.27 bits per heavy atom. The molecule has 0 radical (unpaired) electrons. The van der Waals surface area contributed by atoms with Gasteiger partial charge < -0.3 is 19.7 Å². The van der Waals surface area contributed by atoms with Gasteiger partial charge in [-0.15, -0.1) is 0 Å². The van der Waals surface area contributed by atoms with Gasteiger partial charge in [-0.05, 0) is 70.1 Å². The van der Waals surface area contributed by atoms with Crippen LogP contribution in [0.15, 0.2) is 48.5 Å². The molecule has 1 heterocycles. The third-order valence-electron chi connectivity index (χ3n) is 5.48. The summed E-state index contributed by atoms with van der Waals surface area (Å²) >= 11 is 0. The molecule has 0 aliphatic carbocycles. The van der Waals surface area contributed by atoms with Gasteiger partial charge in [-0.2, -0.15) is 0 Å². The Bertz CT molecular complexity index is 929. The summed E-state index contributed by atoms with van der Waals surface area (Å²) in [5.74, 6) is 0.514. The lowest BCUT2D eigenvalue weighted by atomic mass is 10.1. The van der Waals surface area contributed by atoms with Crippen LogP contribution in [0, 0.1) is 0 Å². The van der Waals surface area contributed by atoms with Crippen molar-refractivity contribution in [2.24, 2.45) is 0 Å². The number of para-hydroxylation sites is 2. The van der Waals surface area contributed by atoms with Crippen LogP contribution in [0.3, 0.4) is 0 Å². The van der Waals surface area contributed by atoms with Crippen molar-refractivity contribution in [1.82, 2.24) is 4.90 Å². The van der Waals surface area contributed by atoms with Crippen LogP contribution in [0.4, 0.5) is 11.4 Å². The van der Waals surface area contributed by atoms with Crippen molar-refractivity contribution < 1.29 is 19.1 Å². The van der Waals surface area contributed by atoms with Crippen molar-refractivity contribution in [1.29, 1.82) is 0 Å². The molecule has 7 heteroatoms. The summed E-state index contributed by atoms with van der Waals surface area (Å²) in [5, 5.41) is 2.90. The van der Waals surface area contributed by atoms with Crippen molar-refractivity contribution in [2.45, 2.75) is 39.2 Å². The molecule has 0 aromatic heterocycles. The standard InChI is InChI=1S/C26H35N3O4/c1-26(2,3)33-25(31)20-11-13-21(14-12-20)27-24(30)10-7-15-28-16-18-29(19-17-28)22-8-5-6-9-23(22)32-4/h5-6,8-9,11-14H,7,10,15-19H2,1-4H3,(H,27,30). The maximum atomic E-state index is 12.3. The molecule has 7 nitrogen and oxygen atoms in total. The molecule has 1 N–H and O–H groups in total. The van der Waals surface area contributed by atoms with E-state index in [9.17, 15) is 9.59 Å². The molecule has 178 valence electrons. The van der Waals surface area contributed by atoms with Gasteiger partial charge in [-0.1, -0.05) is 12.1 Å². The molecular weight excluding hydrogens is 418 g/mol. The molecule has 1 fully saturated rings. The SMILES string of the molecule is COc1ccccc1N1CCN(CCCC(=O)Nc2ccc(C(=O)OC(C)(C)C)cc2)CC1. The smallest absolute Gasteiger partial charge is 0.338 e. The Morgan fingerprint density at radius 2 is 1.64 bits per heavy atom. The second-order valence-corrected chi connectivity index (χ2v) is 9.23. The number of nitrogens with zero attached hydrogens (tertiary/aromatic N) is 2. The Hall–Kier alpha value is -3.06. The summed E-state index contributed by atoms with van der Waals surface area (Å²) < 4.78 is 10.8. The normalized spacial score (nSPS) is 14.6. The van der Waals surface area contributed by atoms with Gasteiger partial charge in [0.2, 0.25) is 5.91 Å². The van der Waals surface area contributed by atoms with Gasteiger partial charge in [0.25, 0.3) is 0 Å². The minimum absolute atomic E-state index is 0.0207. The summed E-state index contributed by atoms with van der Waals surface area (Å²) in [6.45, 7) is 10.2. The van der Waals surface area contributed by atoms with E-state index < -0.39 is 5.60 Å². The lowest BCUT2D eigenvalue weighted by molar-refractivity contribution is -0.116. The van der Waals surface area contributed by atoms with Crippen LogP contribution in [0.2, 0.25) is 0 Å². The van der Waals surface area contributed by atoms with E-state index in [1.165, 1.54) is 0 Å². The van der Waals surface area contributed by atoms with E-state index in [2.05, 4.69) is 21.2 Å². The lowest BCUT2D eigenvalue weighted by Gasteiger charge is -2.36. The van der Waals surface area contributed by atoms with Crippen molar-refractivity contribution >= 4 is 23.3 Å². The predicted molar refractivity (Wildman–Crippen MR) is 131 cm³/mol. The zero-order valence-electron chi connectivity index (χ0n) is 20.1. The van der Waals surface area contributed by atoms with Crippen LogP contribution in [0.5, 0.6) is 5.75 Å². The topological polar surface area (TPSA) is 71.1 Å². The van der Waals surface area contributed by atoms with Crippen molar-refractivity contribution in [3.8, 4) is 5.75 Å². The first-order chi connectivity index (χ1) is 15.7. The monoisotopic (exact) mass is 453 g/mol. The van der Waals surface area contributed by atoms with Crippen LogP contribution >= 0.6 is 0 Å². The second-order valence-electron chi connectivity index (χ2n) is 9.23. The Morgan fingerprint density at radius 1 is 0.970 bits per heavy atom. The average molecular weight is 454 g/mol. The van der Waals surface area contributed by atoms with Gasteiger partial charge in [0.05, 0.1) is 18.4 Å². The van der Waals surface area contributed by atoms with Gasteiger partial charge in [0.15, 0.2) is 0 Å². The van der Waals surface area contributed by atoms with E-state index in [1.54, 1.807) is 31.4 Å². The Balaban J connectivity index is 1.37. The zero-order valence-corrected chi connectivity index (χ0v) is 20.1. The Kier molecular flexibility index (Phi) is 8.33. The summed E-state index contributed by atoms with van der Waals surface area (Å²) in [6.07, 6.45) is 1.26. The summed E-state index contributed by atoms with van der Waals surface area (Å²) in [5.41, 5.74) is 1.75. The van der Waals surface area contributed by atoms with E-state index in [0.717, 1.165) is 50.6 Å². The molecule has 1 saturated heterocycles. The molecule has 0 unspecified atom stereocenters. The highest BCUT2D eigenvalue weighted by molar-refractivity contribution is 5.93. The number of piperazine rings is 1. The molecule has 2 aromatic rings. The number of carbonyl (C=O) groups is 2. The van der Waals surface area contributed by atoms with Crippen molar-refractivity contribution in [3.63, 3.8) is 0 Å². The molecular formula is C26H35N3O4. The summed E-state index contributed by atoms with van der Waals surface area (Å²) in [6, 6.07) is 14.9. The van der Waals surface area contributed by atoms with E-state index >= 15 is 0 Å². The molecule has 0 saturated carbocycles. The quantitative estimate of drug-likeness (QED) is 0.605. The highest BCUT2D eigenvalue weighted by atomic mass is 16.6. The number of hydrogen-bond donors (Lipinski definition) is 1. The van der Waals surface area contributed by atoms with Crippen LogP contribution in [0.25, 0.3) is 0 Å². The third kappa shape index (κ3) is 7.49. The number of carbonyl (C=O) groups excluding carboxylic acids is 2. The second kappa shape index (κ2) is 11.2.